The van der Waals surface area contributed by atoms with E-state index in [1.54, 1.807) is 13.2 Å². The maximum absolute atomic E-state index is 12.4. The molecule has 0 heterocycles. The first-order valence-corrected chi connectivity index (χ1v) is 8.47. The van der Waals surface area contributed by atoms with Gasteiger partial charge in [-0.15, -0.1) is 0 Å². The first-order valence-electron chi connectivity index (χ1n) is 8.47. The van der Waals surface area contributed by atoms with Crippen molar-refractivity contribution in [1.82, 2.24) is 5.32 Å². The summed E-state index contributed by atoms with van der Waals surface area (Å²) in [6.45, 7) is 0.869. The lowest BCUT2D eigenvalue weighted by molar-refractivity contribution is 0.0947. The van der Waals surface area contributed by atoms with E-state index in [0.717, 1.165) is 22.6 Å². The van der Waals surface area contributed by atoms with E-state index in [1.165, 1.54) is 0 Å². The van der Waals surface area contributed by atoms with Gasteiger partial charge in [0, 0.05) is 5.56 Å². The van der Waals surface area contributed by atoms with Crippen LogP contribution in [0.15, 0.2) is 78.9 Å². The van der Waals surface area contributed by atoms with Gasteiger partial charge >= 0.3 is 0 Å². The fourth-order valence-corrected chi connectivity index (χ4v) is 2.58. The highest BCUT2D eigenvalue weighted by Crippen LogP contribution is 2.23. The zero-order chi connectivity index (χ0) is 18.2. The second kappa shape index (κ2) is 8.72. The molecule has 1 N–H and O–H groups in total. The van der Waals surface area contributed by atoms with Gasteiger partial charge in [-0.3, -0.25) is 4.79 Å². The Bertz CT molecular complexity index is 845. The predicted octanol–water partition coefficient (Wildman–Crippen LogP) is 4.17. The molecule has 0 saturated carbocycles. The fraction of sp³-hybridized carbons (Fsp3) is 0.136. The maximum Gasteiger partial charge on any atom is 0.251 e. The van der Waals surface area contributed by atoms with Crippen LogP contribution in [0.25, 0.3) is 11.1 Å². The molecule has 0 atom stereocenters. The fourth-order valence-electron chi connectivity index (χ4n) is 2.58. The third kappa shape index (κ3) is 4.63. The number of ether oxygens (including phenoxy) is 2. The summed E-state index contributed by atoms with van der Waals surface area (Å²) in [5.41, 5.74) is 2.65. The van der Waals surface area contributed by atoms with Gasteiger partial charge in [0.2, 0.25) is 0 Å². The molecule has 0 spiro atoms. The number of methoxy groups -OCH3 is 1. The monoisotopic (exact) mass is 347 g/mol. The number of amides is 1. The summed E-state index contributed by atoms with van der Waals surface area (Å²) in [7, 11) is 1.64. The van der Waals surface area contributed by atoms with Crippen LogP contribution in [0.2, 0.25) is 0 Å². The quantitative estimate of drug-likeness (QED) is 0.653. The van der Waals surface area contributed by atoms with E-state index in [9.17, 15) is 4.79 Å². The minimum atomic E-state index is -0.114. The van der Waals surface area contributed by atoms with Crippen molar-refractivity contribution < 1.29 is 14.3 Å². The number of hydrogen-bond donors (Lipinski definition) is 1. The molecule has 0 aliphatic rings. The molecule has 0 saturated heterocycles. The molecule has 1 amide bonds. The van der Waals surface area contributed by atoms with Crippen molar-refractivity contribution in [3.05, 3.63) is 84.4 Å². The minimum absolute atomic E-state index is 0.114. The van der Waals surface area contributed by atoms with Gasteiger partial charge < -0.3 is 14.8 Å². The highest BCUT2D eigenvalue weighted by atomic mass is 16.5. The van der Waals surface area contributed by atoms with Crippen LogP contribution in [-0.2, 0) is 0 Å². The van der Waals surface area contributed by atoms with E-state index >= 15 is 0 Å². The standard InChI is InChI=1S/C22H21NO3/c1-25-20-12-10-17(11-13-20)18-6-5-7-19(16-18)22(24)23-14-15-26-21-8-3-2-4-9-21/h2-13,16H,14-15H2,1H3,(H,23,24). The number of carbonyl (C=O) groups is 1. The molecule has 0 fully saturated rings. The second-order valence-corrected chi connectivity index (χ2v) is 5.73. The van der Waals surface area contributed by atoms with E-state index in [2.05, 4.69) is 5.32 Å². The van der Waals surface area contributed by atoms with E-state index in [-0.39, 0.29) is 5.91 Å². The Balaban J connectivity index is 1.57. The van der Waals surface area contributed by atoms with Gasteiger partial charge in [0.25, 0.3) is 5.91 Å². The number of rotatable bonds is 7. The van der Waals surface area contributed by atoms with Gasteiger partial charge in [0.1, 0.15) is 18.1 Å². The molecule has 0 bridgehead atoms. The third-order valence-corrected chi connectivity index (χ3v) is 3.95. The molecule has 132 valence electrons. The summed E-state index contributed by atoms with van der Waals surface area (Å²) >= 11 is 0. The second-order valence-electron chi connectivity index (χ2n) is 5.73. The topological polar surface area (TPSA) is 47.6 Å². The average molecular weight is 347 g/mol. The Morgan fingerprint density at radius 2 is 1.62 bits per heavy atom. The van der Waals surface area contributed by atoms with E-state index < -0.39 is 0 Å². The molecule has 26 heavy (non-hydrogen) atoms. The highest BCUT2D eigenvalue weighted by molar-refractivity contribution is 5.95. The van der Waals surface area contributed by atoms with Gasteiger partial charge in [0.05, 0.1) is 13.7 Å². The van der Waals surface area contributed by atoms with Crippen LogP contribution in [0.5, 0.6) is 11.5 Å². The molecule has 4 nitrogen and oxygen atoms in total. The molecule has 3 rings (SSSR count). The summed E-state index contributed by atoms with van der Waals surface area (Å²) in [6, 6.07) is 24.9. The Labute approximate surface area is 153 Å². The molecule has 3 aromatic rings. The van der Waals surface area contributed by atoms with Crippen molar-refractivity contribution in [2.24, 2.45) is 0 Å². The number of hydrogen-bond acceptors (Lipinski definition) is 3. The normalized spacial score (nSPS) is 10.2. The summed E-state index contributed by atoms with van der Waals surface area (Å²) in [6.07, 6.45) is 0. The highest BCUT2D eigenvalue weighted by Gasteiger charge is 2.07. The molecular formula is C22H21NO3. The van der Waals surface area contributed by atoms with Crippen LogP contribution in [0.3, 0.4) is 0 Å². The SMILES string of the molecule is COc1ccc(-c2cccc(C(=O)NCCOc3ccccc3)c2)cc1. The Morgan fingerprint density at radius 3 is 2.35 bits per heavy atom. The first-order chi connectivity index (χ1) is 12.8. The summed E-state index contributed by atoms with van der Waals surface area (Å²) in [5.74, 6) is 1.49. The summed E-state index contributed by atoms with van der Waals surface area (Å²) < 4.78 is 10.8. The smallest absolute Gasteiger partial charge is 0.251 e. The maximum atomic E-state index is 12.4. The van der Waals surface area contributed by atoms with E-state index in [0.29, 0.717) is 18.7 Å². The van der Waals surface area contributed by atoms with Crippen molar-refractivity contribution in [3.63, 3.8) is 0 Å². The average Bonchev–Trinajstić information content (AvgIpc) is 2.72. The zero-order valence-corrected chi connectivity index (χ0v) is 14.6. The number of benzene rings is 3. The molecule has 0 aromatic heterocycles. The number of nitrogens with one attached hydrogen (secondary N) is 1. The molecule has 4 heteroatoms. The summed E-state index contributed by atoms with van der Waals surface area (Å²) in [4.78, 5) is 12.4. The lowest BCUT2D eigenvalue weighted by Crippen LogP contribution is -2.28. The minimum Gasteiger partial charge on any atom is -0.497 e. The van der Waals surface area contributed by atoms with Gasteiger partial charge in [-0.2, -0.15) is 0 Å². The Kier molecular flexibility index (Phi) is 5.88. The van der Waals surface area contributed by atoms with Crippen LogP contribution < -0.4 is 14.8 Å². The van der Waals surface area contributed by atoms with Gasteiger partial charge in [0.15, 0.2) is 0 Å². The van der Waals surface area contributed by atoms with Crippen molar-refractivity contribution in [3.8, 4) is 22.6 Å². The van der Waals surface area contributed by atoms with E-state index in [1.807, 2.05) is 72.8 Å². The number of para-hydroxylation sites is 1. The lowest BCUT2D eigenvalue weighted by Gasteiger charge is -2.09. The van der Waals surface area contributed by atoms with Crippen molar-refractivity contribution in [2.45, 2.75) is 0 Å². The lowest BCUT2D eigenvalue weighted by atomic mass is 10.0. The largest absolute Gasteiger partial charge is 0.497 e. The van der Waals surface area contributed by atoms with E-state index in [4.69, 9.17) is 9.47 Å². The molecule has 3 aromatic carbocycles. The van der Waals surface area contributed by atoms with Crippen LogP contribution in [-0.4, -0.2) is 26.2 Å². The molecular weight excluding hydrogens is 326 g/mol. The molecule has 0 radical (unpaired) electrons. The first kappa shape index (κ1) is 17.5. The van der Waals surface area contributed by atoms with Gasteiger partial charge in [-0.05, 0) is 47.5 Å². The van der Waals surface area contributed by atoms with Crippen LogP contribution in [0.4, 0.5) is 0 Å². The van der Waals surface area contributed by atoms with Crippen LogP contribution >= 0.6 is 0 Å². The van der Waals surface area contributed by atoms with Gasteiger partial charge in [-0.1, -0.05) is 42.5 Å². The zero-order valence-electron chi connectivity index (χ0n) is 14.6. The summed E-state index contributed by atoms with van der Waals surface area (Å²) in [5, 5.41) is 2.88. The molecule has 0 aliphatic carbocycles. The van der Waals surface area contributed by atoms with Crippen LogP contribution in [0, 0.1) is 0 Å². The Hall–Kier alpha value is -3.27. The van der Waals surface area contributed by atoms with Crippen molar-refractivity contribution in [1.29, 1.82) is 0 Å². The van der Waals surface area contributed by atoms with Crippen LogP contribution in [0.1, 0.15) is 10.4 Å². The molecule has 0 unspecified atom stereocenters. The Morgan fingerprint density at radius 1 is 0.846 bits per heavy atom. The number of carbonyl (C=O) groups excluding carboxylic acids is 1. The molecule has 0 aliphatic heterocycles. The van der Waals surface area contributed by atoms with Crippen molar-refractivity contribution >= 4 is 5.91 Å². The third-order valence-electron chi connectivity index (χ3n) is 3.95. The van der Waals surface area contributed by atoms with Gasteiger partial charge in [-0.25, -0.2) is 0 Å². The van der Waals surface area contributed by atoms with Crippen molar-refractivity contribution in [2.75, 3.05) is 20.3 Å². The predicted molar refractivity (Wildman–Crippen MR) is 103 cm³/mol.